The van der Waals surface area contributed by atoms with Crippen LogP contribution >= 0.6 is 0 Å². The molecule has 0 aromatic carbocycles. The predicted octanol–water partition coefficient (Wildman–Crippen LogP) is 2.44. The van der Waals surface area contributed by atoms with Crippen LogP contribution in [0.15, 0.2) is 6.20 Å². The topological polar surface area (TPSA) is 49.9 Å². The maximum atomic E-state index is 5.95. The Morgan fingerprint density at radius 2 is 2.35 bits per heavy atom. The molecule has 2 heterocycles. The van der Waals surface area contributed by atoms with Gasteiger partial charge in [-0.3, -0.25) is 5.10 Å². The van der Waals surface area contributed by atoms with Gasteiger partial charge in [-0.15, -0.1) is 0 Å². The van der Waals surface area contributed by atoms with Crippen LogP contribution in [0.5, 0.6) is 0 Å². The van der Waals surface area contributed by atoms with E-state index in [2.05, 4.69) is 36.3 Å². The number of ether oxygens (including phenoxy) is 1. The highest BCUT2D eigenvalue weighted by molar-refractivity contribution is 5.14. The van der Waals surface area contributed by atoms with Gasteiger partial charge in [-0.25, -0.2) is 0 Å². The van der Waals surface area contributed by atoms with E-state index in [1.807, 2.05) is 6.20 Å². The Labute approximate surface area is 121 Å². The second-order valence-corrected chi connectivity index (χ2v) is 6.97. The minimum absolute atomic E-state index is 0.288. The van der Waals surface area contributed by atoms with Crippen molar-refractivity contribution < 1.29 is 4.74 Å². The molecule has 1 saturated carbocycles. The molecule has 2 aliphatic rings. The molecule has 3 unspecified atom stereocenters. The van der Waals surface area contributed by atoms with Crippen LogP contribution in [0, 0.1) is 18.3 Å². The summed E-state index contributed by atoms with van der Waals surface area (Å²) in [4.78, 5) is 0. The standard InChI is InChI=1S/C16H27N3O/c1-11-12(10-18-19-11)6-4-8-17-14-13-7-5-9-20-15(13)16(14,2)3/h10,13-15,17H,4-9H2,1-3H3,(H,18,19). The molecule has 20 heavy (non-hydrogen) atoms. The summed E-state index contributed by atoms with van der Waals surface area (Å²) in [7, 11) is 0. The number of aromatic nitrogens is 2. The summed E-state index contributed by atoms with van der Waals surface area (Å²) in [5, 5.41) is 10.9. The lowest BCUT2D eigenvalue weighted by atomic mass is 9.55. The molecule has 1 aliphatic heterocycles. The molecule has 4 nitrogen and oxygen atoms in total. The first-order valence-electron chi connectivity index (χ1n) is 7.94. The highest BCUT2D eigenvalue weighted by Crippen LogP contribution is 2.51. The molecule has 0 bridgehead atoms. The number of aromatic amines is 1. The molecule has 1 aliphatic carbocycles. The summed E-state index contributed by atoms with van der Waals surface area (Å²) in [6.45, 7) is 8.82. The van der Waals surface area contributed by atoms with Crippen LogP contribution in [-0.4, -0.2) is 35.5 Å². The average molecular weight is 277 g/mol. The molecule has 0 spiro atoms. The van der Waals surface area contributed by atoms with Crippen LogP contribution in [0.3, 0.4) is 0 Å². The number of fused-ring (bicyclic) bond motifs is 1. The molecular weight excluding hydrogens is 250 g/mol. The normalized spacial score (nSPS) is 31.6. The summed E-state index contributed by atoms with van der Waals surface area (Å²) < 4.78 is 5.95. The SMILES string of the molecule is Cc1[nH]ncc1CCCNC1C2CCCOC2C1(C)C. The fourth-order valence-electron chi connectivity index (χ4n) is 4.10. The summed E-state index contributed by atoms with van der Waals surface area (Å²) in [5.41, 5.74) is 2.84. The summed E-state index contributed by atoms with van der Waals surface area (Å²) in [6.07, 6.45) is 7.26. The number of hydrogen-bond acceptors (Lipinski definition) is 3. The van der Waals surface area contributed by atoms with E-state index in [1.54, 1.807) is 0 Å². The van der Waals surface area contributed by atoms with Gasteiger partial charge in [0.25, 0.3) is 0 Å². The van der Waals surface area contributed by atoms with Gasteiger partial charge in [-0.1, -0.05) is 13.8 Å². The van der Waals surface area contributed by atoms with Gasteiger partial charge in [0.05, 0.1) is 12.3 Å². The van der Waals surface area contributed by atoms with Crippen molar-refractivity contribution in [2.75, 3.05) is 13.2 Å². The third-order valence-electron chi connectivity index (χ3n) is 5.25. The van der Waals surface area contributed by atoms with Gasteiger partial charge in [-0.05, 0) is 44.7 Å². The van der Waals surface area contributed by atoms with Crippen LogP contribution in [0.4, 0.5) is 0 Å². The van der Waals surface area contributed by atoms with Crippen molar-refractivity contribution in [3.05, 3.63) is 17.5 Å². The molecule has 112 valence electrons. The van der Waals surface area contributed by atoms with Crippen LogP contribution in [0.1, 0.15) is 44.4 Å². The Morgan fingerprint density at radius 1 is 1.50 bits per heavy atom. The zero-order valence-electron chi connectivity index (χ0n) is 12.9. The van der Waals surface area contributed by atoms with E-state index in [4.69, 9.17) is 4.74 Å². The number of hydrogen-bond donors (Lipinski definition) is 2. The molecule has 3 atom stereocenters. The second-order valence-electron chi connectivity index (χ2n) is 6.97. The predicted molar refractivity (Wildman–Crippen MR) is 79.7 cm³/mol. The number of rotatable bonds is 5. The molecule has 3 rings (SSSR count). The number of nitrogens with one attached hydrogen (secondary N) is 2. The highest BCUT2D eigenvalue weighted by atomic mass is 16.5. The lowest BCUT2D eigenvalue weighted by Crippen LogP contribution is -2.69. The first kappa shape index (κ1) is 14.1. The third-order valence-corrected chi connectivity index (χ3v) is 5.25. The van der Waals surface area contributed by atoms with Gasteiger partial charge in [0.2, 0.25) is 0 Å². The maximum absolute atomic E-state index is 5.95. The second kappa shape index (κ2) is 5.49. The van der Waals surface area contributed by atoms with Crippen molar-refractivity contribution in [2.24, 2.45) is 11.3 Å². The highest BCUT2D eigenvalue weighted by Gasteiger charge is 2.57. The fourth-order valence-corrected chi connectivity index (χ4v) is 4.10. The Hall–Kier alpha value is -0.870. The molecule has 2 fully saturated rings. The molecular formula is C16H27N3O. The molecule has 1 aromatic rings. The average Bonchev–Trinajstić information content (AvgIpc) is 2.84. The number of aryl methyl sites for hydroxylation is 2. The molecule has 1 saturated heterocycles. The number of H-pyrrole nitrogens is 1. The third kappa shape index (κ3) is 2.40. The fraction of sp³-hybridized carbons (Fsp3) is 0.812. The van der Waals surface area contributed by atoms with Crippen LogP contribution in [0.25, 0.3) is 0 Å². The van der Waals surface area contributed by atoms with Crippen LogP contribution in [-0.2, 0) is 11.2 Å². The summed E-state index contributed by atoms with van der Waals surface area (Å²) >= 11 is 0. The van der Waals surface area contributed by atoms with Crippen LogP contribution in [0.2, 0.25) is 0 Å². The van der Waals surface area contributed by atoms with Gasteiger partial charge >= 0.3 is 0 Å². The van der Waals surface area contributed by atoms with E-state index >= 15 is 0 Å². The van der Waals surface area contributed by atoms with Gasteiger partial charge in [0.15, 0.2) is 0 Å². The van der Waals surface area contributed by atoms with Crippen molar-refractivity contribution >= 4 is 0 Å². The van der Waals surface area contributed by atoms with E-state index in [0.29, 0.717) is 12.1 Å². The smallest absolute Gasteiger partial charge is 0.0684 e. The van der Waals surface area contributed by atoms with Crippen molar-refractivity contribution in [1.82, 2.24) is 15.5 Å². The zero-order chi connectivity index (χ0) is 14.2. The van der Waals surface area contributed by atoms with Gasteiger partial charge in [0, 0.05) is 29.7 Å². The lowest BCUT2D eigenvalue weighted by Gasteiger charge is -2.60. The molecule has 0 radical (unpaired) electrons. The molecule has 4 heteroatoms. The van der Waals surface area contributed by atoms with Crippen LogP contribution < -0.4 is 5.32 Å². The van der Waals surface area contributed by atoms with Crippen molar-refractivity contribution in [3.63, 3.8) is 0 Å². The Balaban J connectivity index is 1.45. The Bertz CT molecular complexity index is 454. The summed E-state index contributed by atoms with van der Waals surface area (Å²) in [5.74, 6) is 0.731. The van der Waals surface area contributed by atoms with Crippen molar-refractivity contribution in [1.29, 1.82) is 0 Å². The Kier molecular flexibility index (Phi) is 3.87. The van der Waals surface area contributed by atoms with E-state index in [0.717, 1.165) is 25.5 Å². The first-order chi connectivity index (χ1) is 9.60. The molecule has 1 aromatic heterocycles. The maximum Gasteiger partial charge on any atom is 0.0684 e. The van der Waals surface area contributed by atoms with E-state index < -0.39 is 0 Å². The lowest BCUT2D eigenvalue weighted by molar-refractivity contribution is -0.192. The summed E-state index contributed by atoms with van der Waals surface area (Å²) in [6, 6.07) is 0.623. The largest absolute Gasteiger partial charge is 0.377 e. The first-order valence-corrected chi connectivity index (χ1v) is 7.94. The van der Waals surface area contributed by atoms with Gasteiger partial charge in [0.1, 0.15) is 0 Å². The monoisotopic (exact) mass is 277 g/mol. The number of nitrogens with zero attached hydrogens (tertiary/aromatic N) is 1. The van der Waals surface area contributed by atoms with Gasteiger partial charge < -0.3 is 10.1 Å². The quantitative estimate of drug-likeness (QED) is 0.813. The zero-order valence-corrected chi connectivity index (χ0v) is 12.9. The molecule has 2 N–H and O–H groups in total. The van der Waals surface area contributed by atoms with E-state index in [-0.39, 0.29) is 5.41 Å². The van der Waals surface area contributed by atoms with Crippen molar-refractivity contribution in [2.45, 2.75) is 58.6 Å². The molecule has 0 amide bonds. The van der Waals surface area contributed by atoms with E-state index in [9.17, 15) is 0 Å². The van der Waals surface area contributed by atoms with Gasteiger partial charge in [-0.2, -0.15) is 5.10 Å². The Morgan fingerprint density at radius 3 is 3.10 bits per heavy atom. The van der Waals surface area contributed by atoms with Crippen molar-refractivity contribution in [3.8, 4) is 0 Å². The minimum Gasteiger partial charge on any atom is -0.377 e. The minimum atomic E-state index is 0.288. The van der Waals surface area contributed by atoms with E-state index in [1.165, 1.54) is 30.5 Å².